The average Bonchev–Trinajstić information content (AvgIpc) is 1.89. The summed E-state index contributed by atoms with van der Waals surface area (Å²) >= 11 is 0. The van der Waals surface area contributed by atoms with Crippen LogP contribution in [0.15, 0.2) is 5.10 Å². The lowest BCUT2D eigenvalue weighted by atomic mass is 10.3. The first-order chi connectivity index (χ1) is 4.41. The molecule has 9 heavy (non-hydrogen) atoms. The molecule has 0 spiro atoms. The Bertz CT molecular complexity index is 97.2. The lowest BCUT2D eigenvalue weighted by Gasteiger charge is -1.94. The second-order valence-corrected chi connectivity index (χ2v) is 1.82. The maximum Gasteiger partial charge on any atom is 0.258 e. The van der Waals surface area contributed by atoms with Crippen molar-refractivity contribution in [2.24, 2.45) is 5.10 Å². The van der Waals surface area contributed by atoms with Crippen LogP contribution in [0.1, 0.15) is 26.2 Å². The monoisotopic (exact) mass is 128 g/mol. The maximum absolute atomic E-state index is 9.48. The fourth-order valence-electron chi connectivity index (χ4n) is 0.542. The number of carbonyl (C=O) groups excluding carboxylic acids is 1. The molecule has 0 aliphatic carbocycles. The number of nitrogens with zero attached hydrogens (tertiary/aromatic N) is 1. The Kier molecular flexibility index (Phi) is 6.53. The van der Waals surface area contributed by atoms with Gasteiger partial charge in [-0.25, -0.2) is 4.79 Å². The minimum Gasteiger partial charge on any atom is -0.299 e. The molecule has 1 N–H and O–H groups in total. The van der Waals surface area contributed by atoms with E-state index >= 15 is 0 Å². The van der Waals surface area contributed by atoms with Gasteiger partial charge in [0.25, 0.3) is 6.08 Å². The molecule has 0 aromatic carbocycles. The summed E-state index contributed by atoms with van der Waals surface area (Å²) in [5.74, 6) is 0. The van der Waals surface area contributed by atoms with Gasteiger partial charge in [-0.3, -0.25) is 5.43 Å². The highest BCUT2D eigenvalue weighted by Gasteiger charge is 1.81. The van der Waals surface area contributed by atoms with Crippen molar-refractivity contribution in [1.82, 2.24) is 5.43 Å². The second-order valence-electron chi connectivity index (χ2n) is 1.82. The molecule has 0 aromatic rings. The summed E-state index contributed by atoms with van der Waals surface area (Å²) in [4.78, 5) is 9.48. The van der Waals surface area contributed by atoms with Crippen LogP contribution in [0, 0.1) is 0 Å². The molecule has 0 saturated heterocycles. The zero-order valence-corrected chi connectivity index (χ0v) is 5.68. The van der Waals surface area contributed by atoms with E-state index in [2.05, 4.69) is 17.5 Å². The quantitative estimate of drug-likeness (QED) is 0.260. The van der Waals surface area contributed by atoms with Crippen molar-refractivity contribution in [3.05, 3.63) is 0 Å². The summed E-state index contributed by atoms with van der Waals surface area (Å²) in [7, 11) is 0. The van der Waals surface area contributed by atoms with Crippen molar-refractivity contribution >= 4 is 6.08 Å². The lowest BCUT2D eigenvalue weighted by Crippen LogP contribution is -2.05. The van der Waals surface area contributed by atoms with Crippen molar-refractivity contribution in [2.75, 3.05) is 6.54 Å². The zero-order chi connectivity index (χ0) is 6.95. The molecule has 0 aliphatic rings. The van der Waals surface area contributed by atoms with E-state index < -0.39 is 0 Å². The van der Waals surface area contributed by atoms with Crippen molar-refractivity contribution < 1.29 is 4.79 Å². The number of unbranched alkanes of at least 4 members (excludes halogenated alkanes) is 2. The molecule has 0 heterocycles. The Labute approximate surface area is 55.1 Å². The molecule has 0 radical (unpaired) electrons. The highest BCUT2D eigenvalue weighted by atomic mass is 16.1. The molecule has 0 unspecified atom stereocenters. The summed E-state index contributed by atoms with van der Waals surface area (Å²) in [5, 5.41) is 3.19. The van der Waals surface area contributed by atoms with Crippen LogP contribution in [-0.2, 0) is 4.79 Å². The Morgan fingerprint density at radius 3 is 2.89 bits per heavy atom. The minimum absolute atomic E-state index is 0.781. The standard InChI is InChI=1S/C6H12N2O/c1-2-3-4-5-7-8-6-9/h7H,2-5H2,1H3. The SMILES string of the molecule is CCCCCNN=C=O. The van der Waals surface area contributed by atoms with Crippen LogP contribution in [0.5, 0.6) is 0 Å². The van der Waals surface area contributed by atoms with Gasteiger partial charge in [-0.2, -0.15) is 0 Å². The summed E-state index contributed by atoms with van der Waals surface area (Å²) < 4.78 is 0. The number of hydrogen-bond acceptors (Lipinski definition) is 3. The molecule has 3 heteroatoms. The van der Waals surface area contributed by atoms with Gasteiger partial charge in [0.2, 0.25) is 0 Å². The minimum atomic E-state index is 0.781. The average molecular weight is 128 g/mol. The van der Waals surface area contributed by atoms with Crippen LogP contribution in [-0.4, -0.2) is 12.6 Å². The molecule has 0 amide bonds. The van der Waals surface area contributed by atoms with Gasteiger partial charge >= 0.3 is 0 Å². The fraction of sp³-hybridized carbons (Fsp3) is 0.833. The van der Waals surface area contributed by atoms with Gasteiger partial charge in [-0.1, -0.05) is 24.9 Å². The van der Waals surface area contributed by atoms with E-state index in [0.717, 1.165) is 13.0 Å². The highest BCUT2D eigenvalue weighted by molar-refractivity contribution is 5.31. The van der Waals surface area contributed by atoms with Gasteiger partial charge < -0.3 is 0 Å². The predicted molar refractivity (Wildman–Crippen MR) is 35.6 cm³/mol. The largest absolute Gasteiger partial charge is 0.299 e. The van der Waals surface area contributed by atoms with Crippen LogP contribution < -0.4 is 5.43 Å². The molecule has 52 valence electrons. The molecular formula is C6H12N2O. The topological polar surface area (TPSA) is 41.5 Å². The van der Waals surface area contributed by atoms with Gasteiger partial charge in [0, 0.05) is 6.54 Å². The molecule has 0 rings (SSSR count). The van der Waals surface area contributed by atoms with Crippen molar-refractivity contribution in [3.63, 3.8) is 0 Å². The predicted octanol–water partition coefficient (Wildman–Crippen LogP) is 1.02. The third-order valence-electron chi connectivity index (χ3n) is 1.02. The van der Waals surface area contributed by atoms with E-state index in [1.807, 2.05) is 0 Å². The Balaban J connectivity index is 2.82. The van der Waals surface area contributed by atoms with E-state index in [1.165, 1.54) is 18.9 Å². The highest BCUT2D eigenvalue weighted by Crippen LogP contribution is 1.90. The maximum atomic E-state index is 9.48. The second kappa shape index (κ2) is 7.18. The Morgan fingerprint density at radius 2 is 2.33 bits per heavy atom. The molecule has 0 saturated carbocycles. The Morgan fingerprint density at radius 1 is 1.56 bits per heavy atom. The molecular weight excluding hydrogens is 116 g/mol. The number of nitrogens with one attached hydrogen (secondary N) is 1. The van der Waals surface area contributed by atoms with Gasteiger partial charge in [0.1, 0.15) is 0 Å². The third kappa shape index (κ3) is 7.18. The molecule has 0 aromatic heterocycles. The van der Waals surface area contributed by atoms with Crippen LogP contribution in [0.25, 0.3) is 0 Å². The molecule has 0 fully saturated rings. The fourth-order valence-corrected chi connectivity index (χ4v) is 0.542. The zero-order valence-electron chi connectivity index (χ0n) is 5.68. The smallest absolute Gasteiger partial charge is 0.258 e. The first-order valence-electron chi connectivity index (χ1n) is 3.21. The van der Waals surface area contributed by atoms with E-state index in [9.17, 15) is 4.79 Å². The molecule has 3 nitrogen and oxygen atoms in total. The normalized spacial score (nSPS) is 8.11. The van der Waals surface area contributed by atoms with Crippen molar-refractivity contribution in [2.45, 2.75) is 26.2 Å². The summed E-state index contributed by atoms with van der Waals surface area (Å²) in [6.07, 6.45) is 4.85. The van der Waals surface area contributed by atoms with Gasteiger partial charge in [0.05, 0.1) is 0 Å². The lowest BCUT2D eigenvalue weighted by molar-refractivity contribution is 0.554. The summed E-state index contributed by atoms with van der Waals surface area (Å²) in [6.45, 7) is 2.91. The van der Waals surface area contributed by atoms with Crippen LogP contribution >= 0.6 is 0 Å². The van der Waals surface area contributed by atoms with Crippen LogP contribution in [0.4, 0.5) is 0 Å². The number of rotatable bonds is 5. The van der Waals surface area contributed by atoms with Crippen molar-refractivity contribution in [3.8, 4) is 0 Å². The molecule has 0 atom stereocenters. The van der Waals surface area contributed by atoms with Crippen LogP contribution in [0.3, 0.4) is 0 Å². The number of hydrogen-bond donors (Lipinski definition) is 1. The van der Waals surface area contributed by atoms with Gasteiger partial charge in [0.15, 0.2) is 0 Å². The van der Waals surface area contributed by atoms with Crippen molar-refractivity contribution in [1.29, 1.82) is 0 Å². The number of isocyanates is 1. The van der Waals surface area contributed by atoms with Gasteiger partial charge in [-0.15, -0.1) is 0 Å². The molecule has 0 aliphatic heterocycles. The van der Waals surface area contributed by atoms with E-state index in [1.54, 1.807) is 0 Å². The summed E-state index contributed by atoms with van der Waals surface area (Å²) in [5.41, 5.74) is 2.57. The van der Waals surface area contributed by atoms with E-state index in [4.69, 9.17) is 0 Å². The summed E-state index contributed by atoms with van der Waals surface area (Å²) in [6, 6.07) is 0. The van der Waals surface area contributed by atoms with E-state index in [-0.39, 0.29) is 0 Å². The van der Waals surface area contributed by atoms with Gasteiger partial charge in [-0.05, 0) is 6.42 Å². The van der Waals surface area contributed by atoms with E-state index in [0.29, 0.717) is 0 Å². The Hall–Kier alpha value is -0.820. The molecule has 0 bridgehead atoms. The number of hydrazone groups is 1. The third-order valence-corrected chi connectivity index (χ3v) is 1.02. The van der Waals surface area contributed by atoms with Crippen LogP contribution in [0.2, 0.25) is 0 Å². The first kappa shape index (κ1) is 8.18. The first-order valence-corrected chi connectivity index (χ1v) is 3.21.